The summed E-state index contributed by atoms with van der Waals surface area (Å²) in [5.41, 5.74) is -1.71. The number of halogens is 3. The van der Waals surface area contributed by atoms with Crippen LogP contribution < -0.4 is 0 Å². The van der Waals surface area contributed by atoms with Gasteiger partial charge < -0.3 is 4.74 Å². The van der Waals surface area contributed by atoms with Crippen LogP contribution in [0.1, 0.15) is 25.3 Å². The van der Waals surface area contributed by atoms with Gasteiger partial charge >= 0.3 is 12.1 Å². The molecule has 0 saturated heterocycles. The first-order chi connectivity index (χ1) is 9.83. The lowest BCUT2D eigenvalue weighted by Gasteiger charge is -2.28. The Morgan fingerprint density at radius 2 is 1.86 bits per heavy atom. The van der Waals surface area contributed by atoms with Gasteiger partial charge in [-0.05, 0) is 25.3 Å². The monoisotopic (exact) mass is 306 g/mol. The maximum absolute atomic E-state index is 12.7. The number of esters is 1. The molecule has 7 heteroatoms. The molecule has 0 spiro atoms. The average molecular weight is 306 g/mol. The Labute approximate surface area is 120 Å². The molecule has 0 saturated carbocycles. The van der Waals surface area contributed by atoms with E-state index in [-0.39, 0.29) is 19.4 Å². The molecule has 1 unspecified atom stereocenters. The third-order valence-electron chi connectivity index (χ3n) is 2.97. The molecule has 0 aromatic heterocycles. The number of alkyl halides is 3. The Kier molecular flexibility index (Phi) is 6.17. The van der Waals surface area contributed by atoms with Gasteiger partial charge in [0.2, 0.25) is 5.60 Å². The topological polar surface area (TPSA) is 55.8 Å². The second kappa shape index (κ2) is 7.42. The highest BCUT2D eigenvalue weighted by Gasteiger charge is 2.50. The van der Waals surface area contributed by atoms with E-state index in [0.717, 1.165) is 5.56 Å². The normalized spacial score (nSPS) is 14.5. The summed E-state index contributed by atoms with van der Waals surface area (Å²) in [6.45, 7) is 1.36. The summed E-state index contributed by atoms with van der Waals surface area (Å²) in [7, 11) is 0. The van der Waals surface area contributed by atoms with Crippen molar-refractivity contribution in [3.63, 3.8) is 0 Å². The van der Waals surface area contributed by atoms with E-state index in [9.17, 15) is 18.0 Å². The molecule has 21 heavy (non-hydrogen) atoms. The van der Waals surface area contributed by atoms with E-state index in [1.54, 1.807) is 30.3 Å². The summed E-state index contributed by atoms with van der Waals surface area (Å²) in [6, 6.07) is 8.64. The molecule has 118 valence electrons. The van der Waals surface area contributed by atoms with Crippen LogP contribution in [-0.4, -0.2) is 29.6 Å². The standard InChI is InChI=1S/C14H17F3O4/c1-2-20-12(18)13(21-19,10-14(15,16)17)9-8-11-6-4-3-5-7-11/h3-7,19H,2,8-10H2,1H3. The van der Waals surface area contributed by atoms with Gasteiger partial charge in [0.15, 0.2) is 0 Å². The lowest BCUT2D eigenvalue weighted by Crippen LogP contribution is -2.46. The lowest BCUT2D eigenvalue weighted by atomic mass is 9.91. The molecule has 0 bridgehead atoms. The molecule has 1 atom stereocenters. The van der Waals surface area contributed by atoms with E-state index < -0.39 is 24.2 Å². The van der Waals surface area contributed by atoms with Crippen LogP contribution in [0.3, 0.4) is 0 Å². The number of carbonyl (C=O) groups excluding carboxylic acids is 1. The minimum absolute atomic E-state index is 0.104. The van der Waals surface area contributed by atoms with Crippen molar-refractivity contribution in [3.05, 3.63) is 35.9 Å². The molecule has 1 aromatic carbocycles. The number of carbonyl (C=O) groups is 1. The number of hydrogen-bond donors (Lipinski definition) is 1. The van der Waals surface area contributed by atoms with E-state index >= 15 is 0 Å². The third kappa shape index (κ3) is 5.35. The van der Waals surface area contributed by atoms with Crippen LogP contribution in [0, 0.1) is 0 Å². The fourth-order valence-electron chi connectivity index (χ4n) is 1.96. The van der Waals surface area contributed by atoms with Gasteiger partial charge in [-0.25, -0.2) is 9.68 Å². The second-order valence-electron chi connectivity index (χ2n) is 4.58. The van der Waals surface area contributed by atoms with E-state index in [2.05, 4.69) is 9.62 Å². The first kappa shape index (κ1) is 17.5. The van der Waals surface area contributed by atoms with E-state index in [1.165, 1.54) is 6.92 Å². The molecule has 0 radical (unpaired) electrons. The van der Waals surface area contributed by atoms with Crippen LogP contribution in [0.15, 0.2) is 30.3 Å². The van der Waals surface area contributed by atoms with Crippen LogP contribution >= 0.6 is 0 Å². The zero-order valence-corrected chi connectivity index (χ0v) is 11.5. The van der Waals surface area contributed by atoms with Crippen molar-refractivity contribution in [1.29, 1.82) is 0 Å². The zero-order valence-electron chi connectivity index (χ0n) is 11.5. The predicted molar refractivity (Wildman–Crippen MR) is 68.5 cm³/mol. The van der Waals surface area contributed by atoms with Gasteiger partial charge in [-0.1, -0.05) is 30.3 Å². The number of hydrogen-bond acceptors (Lipinski definition) is 4. The summed E-state index contributed by atoms with van der Waals surface area (Å²) < 4.78 is 42.6. The SMILES string of the molecule is CCOC(=O)C(CCc1ccccc1)(CC(F)(F)F)OO. The molecule has 1 rings (SSSR count). The molecule has 0 aliphatic carbocycles. The fraction of sp³-hybridized carbons (Fsp3) is 0.500. The summed E-state index contributed by atoms with van der Waals surface area (Å²) in [6.07, 6.45) is -6.49. The van der Waals surface area contributed by atoms with Gasteiger partial charge in [0.1, 0.15) is 0 Å². The smallest absolute Gasteiger partial charge is 0.392 e. The Morgan fingerprint density at radius 1 is 1.24 bits per heavy atom. The number of aryl methyl sites for hydroxylation is 1. The van der Waals surface area contributed by atoms with Crippen molar-refractivity contribution < 1.29 is 32.8 Å². The van der Waals surface area contributed by atoms with Crippen molar-refractivity contribution in [2.24, 2.45) is 0 Å². The summed E-state index contributed by atoms with van der Waals surface area (Å²) in [5, 5.41) is 8.91. The number of ether oxygens (including phenoxy) is 1. The van der Waals surface area contributed by atoms with E-state index in [0.29, 0.717) is 0 Å². The molecule has 0 aliphatic rings. The molecular weight excluding hydrogens is 289 g/mol. The summed E-state index contributed by atoms with van der Waals surface area (Å²) >= 11 is 0. The minimum atomic E-state index is -4.67. The Bertz CT molecular complexity index is 447. The molecular formula is C14H17F3O4. The maximum Gasteiger partial charge on any atom is 0.392 e. The van der Waals surface area contributed by atoms with Crippen molar-refractivity contribution >= 4 is 5.97 Å². The highest BCUT2D eigenvalue weighted by Crippen LogP contribution is 2.34. The quantitative estimate of drug-likeness (QED) is 0.477. The van der Waals surface area contributed by atoms with Gasteiger partial charge in [0.05, 0.1) is 13.0 Å². The van der Waals surface area contributed by atoms with Crippen LogP contribution in [0.2, 0.25) is 0 Å². The maximum atomic E-state index is 12.7. The first-order valence-corrected chi connectivity index (χ1v) is 6.43. The van der Waals surface area contributed by atoms with E-state index in [1.807, 2.05) is 0 Å². The second-order valence-corrected chi connectivity index (χ2v) is 4.58. The Balaban J connectivity index is 2.91. The predicted octanol–water partition coefficient (Wildman–Crippen LogP) is 3.36. The van der Waals surface area contributed by atoms with Crippen molar-refractivity contribution in [1.82, 2.24) is 0 Å². The number of rotatable bonds is 7. The minimum Gasteiger partial charge on any atom is -0.464 e. The van der Waals surface area contributed by atoms with Gasteiger partial charge in [0.25, 0.3) is 0 Å². The van der Waals surface area contributed by atoms with Crippen LogP contribution in [0.5, 0.6) is 0 Å². The van der Waals surface area contributed by atoms with Gasteiger partial charge in [-0.3, -0.25) is 5.26 Å². The van der Waals surface area contributed by atoms with Crippen molar-refractivity contribution in [2.75, 3.05) is 6.61 Å². The van der Waals surface area contributed by atoms with Crippen molar-refractivity contribution in [2.45, 2.75) is 38.0 Å². The third-order valence-corrected chi connectivity index (χ3v) is 2.97. The molecule has 4 nitrogen and oxygen atoms in total. The Morgan fingerprint density at radius 3 is 2.33 bits per heavy atom. The number of benzene rings is 1. The molecule has 0 fully saturated rings. The average Bonchev–Trinajstić information content (AvgIpc) is 2.43. The molecule has 1 N–H and O–H groups in total. The van der Waals surface area contributed by atoms with E-state index in [4.69, 9.17) is 5.26 Å². The van der Waals surface area contributed by atoms with Crippen LogP contribution in [0.25, 0.3) is 0 Å². The first-order valence-electron chi connectivity index (χ1n) is 6.43. The summed E-state index contributed by atoms with van der Waals surface area (Å²) in [4.78, 5) is 15.7. The van der Waals surface area contributed by atoms with Gasteiger partial charge in [0, 0.05) is 0 Å². The van der Waals surface area contributed by atoms with Crippen LogP contribution in [0.4, 0.5) is 13.2 Å². The highest BCUT2D eigenvalue weighted by atomic mass is 19.4. The summed E-state index contributed by atoms with van der Waals surface area (Å²) in [5.74, 6) is -1.22. The van der Waals surface area contributed by atoms with Crippen LogP contribution in [-0.2, 0) is 20.8 Å². The lowest BCUT2D eigenvalue weighted by molar-refractivity contribution is -0.338. The molecule has 1 aromatic rings. The largest absolute Gasteiger partial charge is 0.464 e. The Hall–Kier alpha value is -1.60. The zero-order chi connectivity index (χ0) is 15.9. The molecule has 0 aliphatic heterocycles. The highest BCUT2D eigenvalue weighted by molar-refractivity contribution is 5.79. The van der Waals surface area contributed by atoms with Crippen molar-refractivity contribution in [3.8, 4) is 0 Å². The van der Waals surface area contributed by atoms with Gasteiger partial charge in [-0.2, -0.15) is 13.2 Å². The fourth-order valence-corrected chi connectivity index (χ4v) is 1.96. The molecule has 0 heterocycles. The van der Waals surface area contributed by atoms with Gasteiger partial charge in [-0.15, -0.1) is 0 Å². The molecule has 0 amide bonds.